The molecule has 1 fully saturated rings. The number of hydrogen-bond donors (Lipinski definition) is 3. The largest absolute Gasteiger partial charge is 0.497 e. The van der Waals surface area contributed by atoms with Crippen LogP contribution in [-0.4, -0.2) is 85.1 Å². The number of fused-ring (bicyclic) bond motifs is 2. The quantitative estimate of drug-likeness (QED) is 0.381. The second-order valence-electron chi connectivity index (χ2n) is 8.97. The van der Waals surface area contributed by atoms with Crippen LogP contribution in [0.5, 0.6) is 17.2 Å². The van der Waals surface area contributed by atoms with Crippen LogP contribution < -0.4 is 19.1 Å². The van der Waals surface area contributed by atoms with Crippen LogP contribution in [0.3, 0.4) is 0 Å². The van der Waals surface area contributed by atoms with Gasteiger partial charge < -0.3 is 34.3 Å². The van der Waals surface area contributed by atoms with Crippen LogP contribution in [-0.2, 0) is 16.0 Å². The van der Waals surface area contributed by atoms with Crippen molar-refractivity contribution in [2.75, 3.05) is 57.9 Å². The van der Waals surface area contributed by atoms with Crippen molar-refractivity contribution in [2.24, 2.45) is 0 Å². The predicted octanol–water partition coefficient (Wildman–Crippen LogP) is 3.41. The van der Waals surface area contributed by atoms with Crippen molar-refractivity contribution in [1.29, 1.82) is 0 Å². The van der Waals surface area contributed by atoms with Gasteiger partial charge in [-0.15, -0.1) is 0 Å². The Kier molecular flexibility index (Phi) is 9.10. The Morgan fingerprint density at radius 3 is 2.47 bits per heavy atom. The molecule has 1 saturated heterocycles. The highest BCUT2D eigenvalue weighted by molar-refractivity contribution is 5.89. The van der Waals surface area contributed by atoms with E-state index in [1.54, 1.807) is 7.11 Å². The summed E-state index contributed by atoms with van der Waals surface area (Å²) < 4.78 is 17.0. The van der Waals surface area contributed by atoms with E-state index < -0.39 is 11.9 Å². The lowest BCUT2D eigenvalue weighted by molar-refractivity contribution is -0.134. The van der Waals surface area contributed by atoms with Crippen molar-refractivity contribution < 1.29 is 34.0 Å². The molecule has 0 amide bonds. The molecule has 0 aliphatic carbocycles. The average Bonchev–Trinajstić information content (AvgIpc) is 3.34. The first kappa shape index (κ1) is 26.9. The number of rotatable bonds is 8. The highest BCUT2D eigenvalue weighted by Gasteiger charge is 2.23. The maximum Gasteiger partial charge on any atom is 0.328 e. The molecule has 2 aliphatic heterocycles. The molecule has 0 bridgehead atoms. The van der Waals surface area contributed by atoms with Gasteiger partial charge in [0.05, 0.1) is 12.8 Å². The number of carbonyl (C=O) groups is 2. The number of H-pyrrole nitrogens is 1. The van der Waals surface area contributed by atoms with Crippen molar-refractivity contribution in [1.82, 2.24) is 9.88 Å². The molecule has 0 saturated carbocycles. The van der Waals surface area contributed by atoms with Crippen LogP contribution in [0.1, 0.15) is 12.0 Å². The maximum absolute atomic E-state index is 9.55. The van der Waals surface area contributed by atoms with Crippen molar-refractivity contribution in [2.45, 2.75) is 12.8 Å². The smallest absolute Gasteiger partial charge is 0.328 e. The Bertz CT molecular complexity index is 1260. The molecule has 0 spiro atoms. The fourth-order valence-electron chi connectivity index (χ4n) is 4.65. The van der Waals surface area contributed by atoms with Crippen molar-refractivity contribution in [3.05, 3.63) is 60.3 Å². The van der Waals surface area contributed by atoms with Crippen LogP contribution >= 0.6 is 0 Å². The van der Waals surface area contributed by atoms with Gasteiger partial charge in [-0.1, -0.05) is 6.07 Å². The number of carboxylic acids is 2. The number of aromatic nitrogens is 1. The van der Waals surface area contributed by atoms with E-state index in [0.717, 1.165) is 62.8 Å². The molecule has 5 rings (SSSR count). The molecule has 0 unspecified atom stereocenters. The standard InChI is InChI=1S/C24H29N3O3.C4H4O4/c1-28-19-7-8-21-20(16-19)18(17-25-21)4-3-9-26-10-12-27(13-11-26)22-5-2-6-23-24(22)30-15-14-29-23;5-3(6)1-2-4(7)8/h2,5-8,16-17,25H,3-4,9-15H2,1H3;1-2H,(H,5,6)(H,7,8)/b;2-1+. The van der Waals surface area contributed by atoms with Gasteiger partial charge in [-0.05, 0) is 55.3 Å². The minimum Gasteiger partial charge on any atom is -0.497 e. The SMILES string of the molecule is COc1ccc2[nH]cc(CCCN3CCN(c4cccc5c4OCCO5)CC3)c2c1.O=C(O)/C=C/C(=O)O. The number of benzene rings is 2. The lowest BCUT2D eigenvalue weighted by Gasteiger charge is -2.37. The summed E-state index contributed by atoms with van der Waals surface area (Å²) in [6, 6.07) is 12.4. The van der Waals surface area contributed by atoms with Gasteiger partial charge in [0, 0.05) is 55.4 Å². The van der Waals surface area contributed by atoms with Crippen molar-refractivity contribution in [3.63, 3.8) is 0 Å². The van der Waals surface area contributed by atoms with Crippen LogP contribution in [0, 0.1) is 0 Å². The van der Waals surface area contributed by atoms with Gasteiger partial charge in [0.25, 0.3) is 0 Å². The average molecular weight is 524 g/mol. The molecular weight excluding hydrogens is 490 g/mol. The van der Waals surface area contributed by atoms with E-state index in [9.17, 15) is 9.59 Å². The Balaban J connectivity index is 0.000000368. The van der Waals surface area contributed by atoms with E-state index >= 15 is 0 Å². The normalized spacial score (nSPS) is 15.2. The number of methoxy groups -OCH3 is 1. The van der Waals surface area contributed by atoms with Crippen LogP contribution in [0.15, 0.2) is 54.7 Å². The number of piperazine rings is 1. The number of anilines is 1. The number of nitrogens with zero attached hydrogens (tertiary/aromatic N) is 2. The Morgan fingerprint density at radius 1 is 1.03 bits per heavy atom. The summed E-state index contributed by atoms with van der Waals surface area (Å²) in [4.78, 5) is 27.5. The molecule has 10 heteroatoms. The number of aromatic amines is 1. The van der Waals surface area contributed by atoms with E-state index in [0.29, 0.717) is 25.4 Å². The Morgan fingerprint density at radius 2 is 1.76 bits per heavy atom. The van der Waals surface area contributed by atoms with E-state index in [-0.39, 0.29) is 0 Å². The van der Waals surface area contributed by atoms with Gasteiger partial charge in [0.1, 0.15) is 19.0 Å². The molecule has 10 nitrogen and oxygen atoms in total. The van der Waals surface area contributed by atoms with Gasteiger partial charge >= 0.3 is 11.9 Å². The van der Waals surface area contributed by atoms with Gasteiger partial charge in [-0.25, -0.2) is 9.59 Å². The molecule has 1 aromatic heterocycles. The van der Waals surface area contributed by atoms with Crippen LogP contribution in [0.4, 0.5) is 5.69 Å². The van der Waals surface area contributed by atoms with Gasteiger partial charge in [0.15, 0.2) is 11.5 Å². The van der Waals surface area contributed by atoms with Crippen LogP contribution in [0.2, 0.25) is 0 Å². The highest BCUT2D eigenvalue weighted by Crippen LogP contribution is 2.39. The van der Waals surface area contributed by atoms with E-state index in [1.165, 1.54) is 22.2 Å². The molecule has 2 aliphatic rings. The number of para-hydroxylation sites is 1. The molecular formula is C28H33N3O7. The van der Waals surface area contributed by atoms with Gasteiger partial charge in [-0.3, -0.25) is 4.90 Å². The van der Waals surface area contributed by atoms with Crippen molar-refractivity contribution >= 4 is 28.5 Å². The number of nitrogens with one attached hydrogen (secondary N) is 1. The topological polar surface area (TPSA) is 125 Å². The molecule has 3 heterocycles. The monoisotopic (exact) mass is 523 g/mol. The molecule has 38 heavy (non-hydrogen) atoms. The van der Waals surface area contributed by atoms with Crippen molar-refractivity contribution in [3.8, 4) is 17.2 Å². The molecule has 202 valence electrons. The zero-order valence-corrected chi connectivity index (χ0v) is 21.4. The first-order valence-corrected chi connectivity index (χ1v) is 12.6. The zero-order chi connectivity index (χ0) is 26.9. The maximum atomic E-state index is 9.55. The fraction of sp³-hybridized carbons (Fsp3) is 0.357. The lowest BCUT2D eigenvalue weighted by atomic mass is 10.1. The minimum absolute atomic E-state index is 0.558. The second-order valence-corrected chi connectivity index (χ2v) is 8.97. The first-order valence-electron chi connectivity index (χ1n) is 12.6. The highest BCUT2D eigenvalue weighted by atomic mass is 16.6. The minimum atomic E-state index is -1.26. The lowest BCUT2D eigenvalue weighted by Crippen LogP contribution is -2.46. The number of ether oxygens (including phenoxy) is 3. The number of aryl methyl sites for hydroxylation is 1. The number of carboxylic acid groups (broad SMARTS) is 2. The summed E-state index contributed by atoms with van der Waals surface area (Å²) >= 11 is 0. The van der Waals surface area contributed by atoms with Crippen LogP contribution in [0.25, 0.3) is 10.9 Å². The zero-order valence-electron chi connectivity index (χ0n) is 21.4. The Hall–Kier alpha value is -4.18. The summed E-state index contributed by atoms with van der Waals surface area (Å²) in [6.45, 7) is 6.57. The summed E-state index contributed by atoms with van der Waals surface area (Å²) in [7, 11) is 1.72. The number of hydrogen-bond acceptors (Lipinski definition) is 7. The van der Waals surface area contributed by atoms with E-state index in [4.69, 9.17) is 24.4 Å². The predicted molar refractivity (Wildman–Crippen MR) is 144 cm³/mol. The molecule has 0 atom stereocenters. The summed E-state index contributed by atoms with van der Waals surface area (Å²) in [6.07, 6.45) is 5.49. The molecule has 0 radical (unpaired) electrons. The van der Waals surface area contributed by atoms with E-state index in [1.807, 2.05) is 12.1 Å². The molecule has 2 aromatic carbocycles. The third-order valence-corrected chi connectivity index (χ3v) is 6.52. The number of aliphatic carboxylic acids is 2. The summed E-state index contributed by atoms with van der Waals surface area (Å²) in [5.41, 5.74) is 3.71. The molecule has 3 aromatic rings. The third-order valence-electron chi connectivity index (χ3n) is 6.52. The van der Waals surface area contributed by atoms with E-state index in [2.05, 4.69) is 45.2 Å². The molecule has 3 N–H and O–H groups in total. The summed E-state index contributed by atoms with van der Waals surface area (Å²) in [5.74, 6) is 0.181. The first-order chi connectivity index (χ1) is 18.4. The fourth-order valence-corrected chi connectivity index (χ4v) is 4.65. The third kappa shape index (κ3) is 6.98. The second kappa shape index (κ2) is 12.9. The Labute approximate surface area is 221 Å². The summed E-state index contributed by atoms with van der Waals surface area (Å²) in [5, 5.41) is 16.9. The van der Waals surface area contributed by atoms with Gasteiger partial charge in [0.2, 0.25) is 0 Å². The van der Waals surface area contributed by atoms with Gasteiger partial charge in [-0.2, -0.15) is 0 Å².